The SMILES string of the molecule is CCc1cc(-c2nc3c(C)cn([C@@H](C)COC)c3cc2C)c(CN)nc1C(C)C. The predicted octanol–water partition coefficient (Wildman–Crippen LogP) is 5.07. The molecule has 0 aliphatic carbocycles. The molecule has 0 aliphatic heterocycles. The van der Waals surface area contributed by atoms with Crippen molar-refractivity contribution in [1.82, 2.24) is 14.5 Å². The average molecular weight is 395 g/mol. The van der Waals surface area contributed by atoms with Gasteiger partial charge in [-0.25, -0.2) is 4.98 Å². The number of aromatic nitrogens is 3. The quantitative estimate of drug-likeness (QED) is 0.608. The maximum Gasteiger partial charge on any atom is 0.0917 e. The summed E-state index contributed by atoms with van der Waals surface area (Å²) in [7, 11) is 1.74. The van der Waals surface area contributed by atoms with E-state index in [9.17, 15) is 0 Å². The van der Waals surface area contributed by atoms with E-state index in [1.807, 2.05) is 0 Å². The standard InChI is InChI=1S/C24H34N4O/c1-8-18-10-19(20(11-25)26-22(18)14(2)3)23-15(4)9-21-24(27-23)16(5)12-28(21)17(6)13-29-7/h9-10,12,14,17H,8,11,13,25H2,1-7H3/t17-/m0/s1. The third kappa shape index (κ3) is 3.94. The van der Waals surface area contributed by atoms with E-state index < -0.39 is 0 Å². The van der Waals surface area contributed by atoms with E-state index in [4.69, 9.17) is 20.4 Å². The van der Waals surface area contributed by atoms with Crippen molar-refractivity contribution in [2.45, 2.75) is 66.5 Å². The van der Waals surface area contributed by atoms with Gasteiger partial charge in [0.15, 0.2) is 0 Å². The molecule has 156 valence electrons. The molecule has 5 heteroatoms. The molecule has 0 saturated heterocycles. The van der Waals surface area contributed by atoms with Crippen LogP contribution in [0, 0.1) is 13.8 Å². The Hall–Kier alpha value is -2.24. The van der Waals surface area contributed by atoms with Crippen molar-refractivity contribution < 1.29 is 4.74 Å². The van der Waals surface area contributed by atoms with Crippen LogP contribution in [0.25, 0.3) is 22.3 Å². The summed E-state index contributed by atoms with van der Waals surface area (Å²) < 4.78 is 7.63. The zero-order valence-electron chi connectivity index (χ0n) is 18.8. The van der Waals surface area contributed by atoms with Crippen molar-refractivity contribution in [1.29, 1.82) is 0 Å². The zero-order chi connectivity index (χ0) is 21.3. The van der Waals surface area contributed by atoms with Crippen LogP contribution in [0.4, 0.5) is 0 Å². The van der Waals surface area contributed by atoms with Crippen LogP contribution in [0.15, 0.2) is 18.3 Å². The van der Waals surface area contributed by atoms with E-state index >= 15 is 0 Å². The normalized spacial score (nSPS) is 12.9. The van der Waals surface area contributed by atoms with Crippen LogP contribution >= 0.6 is 0 Å². The topological polar surface area (TPSA) is 66.0 Å². The zero-order valence-corrected chi connectivity index (χ0v) is 18.8. The first-order chi connectivity index (χ1) is 13.8. The highest BCUT2D eigenvalue weighted by molar-refractivity contribution is 5.84. The lowest BCUT2D eigenvalue weighted by Crippen LogP contribution is -2.11. The molecule has 0 bridgehead atoms. The van der Waals surface area contributed by atoms with E-state index in [-0.39, 0.29) is 6.04 Å². The Balaban J connectivity index is 2.23. The van der Waals surface area contributed by atoms with Gasteiger partial charge in [-0.1, -0.05) is 20.8 Å². The van der Waals surface area contributed by atoms with Crippen LogP contribution in [0.5, 0.6) is 0 Å². The van der Waals surface area contributed by atoms with Crippen LogP contribution in [-0.2, 0) is 17.7 Å². The summed E-state index contributed by atoms with van der Waals surface area (Å²) in [5.74, 6) is 0.374. The van der Waals surface area contributed by atoms with Crippen LogP contribution in [0.1, 0.15) is 67.7 Å². The Bertz CT molecular complexity index is 1020. The van der Waals surface area contributed by atoms with Crippen molar-refractivity contribution in [3.63, 3.8) is 0 Å². The van der Waals surface area contributed by atoms with Gasteiger partial charge in [-0.3, -0.25) is 4.98 Å². The summed E-state index contributed by atoms with van der Waals surface area (Å²) in [4.78, 5) is 10.1. The van der Waals surface area contributed by atoms with Crippen molar-refractivity contribution in [2.24, 2.45) is 5.73 Å². The number of methoxy groups -OCH3 is 1. The van der Waals surface area contributed by atoms with Gasteiger partial charge in [0.2, 0.25) is 0 Å². The van der Waals surface area contributed by atoms with Crippen molar-refractivity contribution in [2.75, 3.05) is 13.7 Å². The van der Waals surface area contributed by atoms with E-state index in [2.05, 4.69) is 64.4 Å². The summed E-state index contributed by atoms with van der Waals surface area (Å²) >= 11 is 0. The smallest absolute Gasteiger partial charge is 0.0917 e. The Morgan fingerprint density at radius 2 is 1.83 bits per heavy atom. The molecule has 3 rings (SSSR count). The van der Waals surface area contributed by atoms with Gasteiger partial charge in [-0.15, -0.1) is 0 Å². The number of nitrogens with zero attached hydrogens (tertiary/aromatic N) is 3. The molecule has 0 unspecified atom stereocenters. The number of rotatable bonds is 7. The molecular formula is C24H34N4O. The van der Waals surface area contributed by atoms with Crippen LogP contribution in [0.3, 0.4) is 0 Å². The monoisotopic (exact) mass is 394 g/mol. The fraction of sp³-hybridized carbons (Fsp3) is 0.500. The fourth-order valence-electron chi connectivity index (χ4n) is 4.14. The second kappa shape index (κ2) is 8.64. The molecule has 3 aromatic rings. The van der Waals surface area contributed by atoms with Gasteiger partial charge in [0.1, 0.15) is 0 Å². The fourth-order valence-corrected chi connectivity index (χ4v) is 4.14. The molecule has 0 amide bonds. The van der Waals surface area contributed by atoms with E-state index in [0.717, 1.165) is 45.7 Å². The average Bonchev–Trinajstić information content (AvgIpc) is 3.02. The molecule has 2 N–H and O–H groups in total. The van der Waals surface area contributed by atoms with Gasteiger partial charge in [0.05, 0.1) is 35.1 Å². The minimum absolute atomic E-state index is 0.251. The van der Waals surface area contributed by atoms with Gasteiger partial charge in [-0.05, 0) is 61.9 Å². The van der Waals surface area contributed by atoms with Gasteiger partial charge < -0.3 is 15.0 Å². The molecular weight excluding hydrogens is 360 g/mol. The van der Waals surface area contributed by atoms with Gasteiger partial charge in [0, 0.05) is 31.1 Å². The lowest BCUT2D eigenvalue weighted by molar-refractivity contribution is 0.164. The Morgan fingerprint density at radius 3 is 2.41 bits per heavy atom. The number of hydrogen-bond acceptors (Lipinski definition) is 4. The number of pyridine rings is 2. The summed E-state index contributed by atoms with van der Waals surface area (Å²) in [6, 6.07) is 4.74. The highest BCUT2D eigenvalue weighted by atomic mass is 16.5. The van der Waals surface area contributed by atoms with E-state index in [0.29, 0.717) is 19.1 Å². The van der Waals surface area contributed by atoms with Crippen LogP contribution in [-0.4, -0.2) is 28.3 Å². The molecule has 0 spiro atoms. The largest absolute Gasteiger partial charge is 0.383 e. The Labute approximate surface area is 174 Å². The third-order valence-corrected chi connectivity index (χ3v) is 5.65. The van der Waals surface area contributed by atoms with Crippen molar-refractivity contribution >= 4 is 11.0 Å². The lowest BCUT2D eigenvalue weighted by atomic mass is 9.95. The minimum atomic E-state index is 0.251. The van der Waals surface area contributed by atoms with Crippen molar-refractivity contribution in [3.05, 3.63) is 46.4 Å². The maximum atomic E-state index is 6.11. The highest BCUT2D eigenvalue weighted by Gasteiger charge is 2.19. The van der Waals surface area contributed by atoms with Gasteiger partial charge in [0.25, 0.3) is 0 Å². The lowest BCUT2D eigenvalue weighted by Gasteiger charge is -2.18. The second-order valence-corrected chi connectivity index (χ2v) is 8.28. The first-order valence-electron chi connectivity index (χ1n) is 10.5. The Kier molecular flexibility index (Phi) is 6.39. The molecule has 0 radical (unpaired) electrons. The van der Waals surface area contributed by atoms with E-state index in [1.54, 1.807) is 7.11 Å². The highest BCUT2D eigenvalue weighted by Crippen LogP contribution is 2.33. The maximum absolute atomic E-state index is 6.11. The molecule has 0 saturated carbocycles. The number of hydrogen-bond donors (Lipinski definition) is 1. The molecule has 1 atom stereocenters. The number of fused-ring (bicyclic) bond motifs is 1. The number of aryl methyl sites for hydroxylation is 3. The first-order valence-corrected chi connectivity index (χ1v) is 10.5. The minimum Gasteiger partial charge on any atom is -0.383 e. The molecule has 0 aliphatic rings. The number of ether oxygens (including phenoxy) is 1. The second-order valence-electron chi connectivity index (χ2n) is 8.28. The molecule has 0 aromatic carbocycles. The van der Waals surface area contributed by atoms with Crippen molar-refractivity contribution in [3.8, 4) is 11.3 Å². The third-order valence-electron chi connectivity index (χ3n) is 5.65. The summed E-state index contributed by atoms with van der Waals surface area (Å²) in [5, 5.41) is 0. The summed E-state index contributed by atoms with van der Waals surface area (Å²) in [6.07, 6.45) is 3.12. The predicted molar refractivity (Wildman–Crippen MR) is 120 cm³/mol. The first kappa shape index (κ1) is 21.5. The van der Waals surface area contributed by atoms with Crippen LogP contribution < -0.4 is 5.73 Å². The molecule has 3 aromatic heterocycles. The van der Waals surface area contributed by atoms with Gasteiger partial charge >= 0.3 is 0 Å². The molecule has 0 fully saturated rings. The molecule has 3 heterocycles. The Morgan fingerprint density at radius 1 is 1.10 bits per heavy atom. The van der Waals surface area contributed by atoms with Gasteiger partial charge in [-0.2, -0.15) is 0 Å². The number of nitrogens with two attached hydrogens (primary N) is 1. The molecule has 5 nitrogen and oxygen atoms in total. The summed E-state index contributed by atoms with van der Waals surface area (Å²) in [6.45, 7) is 14.0. The van der Waals surface area contributed by atoms with Crippen LogP contribution in [0.2, 0.25) is 0 Å². The molecule has 29 heavy (non-hydrogen) atoms. The van der Waals surface area contributed by atoms with E-state index in [1.165, 1.54) is 11.1 Å². The summed E-state index contributed by atoms with van der Waals surface area (Å²) in [5.41, 5.74) is 16.0.